The topological polar surface area (TPSA) is 60.3 Å². The van der Waals surface area contributed by atoms with Gasteiger partial charge in [-0.15, -0.1) is 0 Å². The highest BCUT2D eigenvalue weighted by Crippen LogP contribution is 2.26. The number of hydrogen-bond donors (Lipinski definition) is 1. The zero-order valence-corrected chi connectivity index (χ0v) is 19.4. The van der Waals surface area contributed by atoms with Crippen LogP contribution in [0.15, 0.2) is 79.0 Å². The number of nitrogens with zero attached hydrogens (tertiary/aromatic N) is 1. The molecule has 0 atom stereocenters. The van der Waals surface area contributed by atoms with Crippen molar-refractivity contribution < 1.29 is 14.3 Å². The molecule has 5 heteroatoms. The molecular weight excluding hydrogens is 412 g/mol. The van der Waals surface area contributed by atoms with E-state index < -0.39 is 5.97 Å². The number of carbonyl (C=O) groups is 2. The standard InChI is InChI=1S/C28H28N2O3/c1-28(2,3)20-15-13-19(14-16-20)17-30-18-23(21-9-6-8-12-25(21)30)26(31)29-24-11-7-5-10-22(24)27(32)33-4/h5-16,18H,17H2,1-4H3,(H,29,31). The van der Waals surface area contributed by atoms with Crippen LogP contribution in [0.4, 0.5) is 5.69 Å². The van der Waals surface area contributed by atoms with Gasteiger partial charge in [-0.1, -0.05) is 75.4 Å². The van der Waals surface area contributed by atoms with E-state index in [0.717, 1.165) is 16.5 Å². The summed E-state index contributed by atoms with van der Waals surface area (Å²) in [7, 11) is 1.32. The molecule has 4 rings (SSSR count). The van der Waals surface area contributed by atoms with Crippen molar-refractivity contribution in [1.82, 2.24) is 4.57 Å². The lowest BCUT2D eigenvalue weighted by Crippen LogP contribution is -2.15. The molecule has 0 bridgehead atoms. The molecule has 0 fully saturated rings. The zero-order chi connectivity index (χ0) is 23.6. The van der Waals surface area contributed by atoms with Crippen molar-refractivity contribution in [2.75, 3.05) is 12.4 Å². The Bertz CT molecular complexity index is 1310. The van der Waals surface area contributed by atoms with Crippen LogP contribution in [0.5, 0.6) is 0 Å². The lowest BCUT2D eigenvalue weighted by molar-refractivity contribution is 0.0602. The van der Waals surface area contributed by atoms with Crippen molar-refractivity contribution in [3.63, 3.8) is 0 Å². The van der Waals surface area contributed by atoms with Crippen molar-refractivity contribution >= 4 is 28.5 Å². The fraction of sp³-hybridized carbons (Fsp3) is 0.214. The first-order valence-electron chi connectivity index (χ1n) is 10.9. The van der Waals surface area contributed by atoms with E-state index in [1.54, 1.807) is 24.3 Å². The minimum absolute atomic E-state index is 0.102. The number of ether oxygens (including phenoxy) is 1. The summed E-state index contributed by atoms with van der Waals surface area (Å²) in [5.74, 6) is -0.767. The SMILES string of the molecule is COC(=O)c1ccccc1NC(=O)c1cn(Cc2ccc(C(C)(C)C)cc2)c2ccccc12. The highest BCUT2D eigenvalue weighted by molar-refractivity contribution is 6.14. The first kappa shape index (κ1) is 22.3. The first-order chi connectivity index (χ1) is 15.8. The predicted molar refractivity (Wildman–Crippen MR) is 132 cm³/mol. The lowest BCUT2D eigenvalue weighted by atomic mass is 9.87. The number of fused-ring (bicyclic) bond motifs is 1. The Labute approximate surface area is 194 Å². The van der Waals surface area contributed by atoms with Crippen LogP contribution in [-0.2, 0) is 16.7 Å². The van der Waals surface area contributed by atoms with E-state index in [9.17, 15) is 9.59 Å². The number of methoxy groups -OCH3 is 1. The Kier molecular flexibility index (Phi) is 6.05. The van der Waals surface area contributed by atoms with Crippen LogP contribution in [0.1, 0.15) is 52.6 Å². The monoisotopic (exact) mass is 440 g/mol. The van der Waals surface area contributed by atoms with Gasteiger partial charge >= 0.3 is 5.97 Å². The summed E-state index contributed by atoms with van der Waals surface area (Å²) in [6, 6.07) is 23.3. The van der Waals surface area contributed by atoms with Gasteiger partial charge in [0.25, 0.3) is 5.91 Å². The van der Waals surface area contributed by atoms with Crippen molar-refractivity contribution in [3.8, 4) is 0 Å². The van der Waals surface area contributed by atoms with Gasteiger partial charge in [-0.25, -0.2) is 4.79 Å². The summed E-state index contributed by atoms with van der Waals surface area (Å²) in [5.41, 5.74) is 4.81. The third kappa shape index (κ3) is 4.67. The summed E-state index contributed by atoms with van der Waals surface area (Å²) in [6.07, 6.45) is 1.87. The van der Waals surface area contributed by atoms with Crippen molar-refractivity contribution in [2.24, 2.45) is 0 Å². The van der Waals surface area contributed by atoms with Crippen LogP contribution in [0.2, 0.25) is 0 Å². The summed E-state index contributed by atoms with van der Waals surface area (Å²) >= 11 is 0. The van der Waals surface area contributed by atoms with Gasteiger partial charge in [-0.05, 0) is 34.7 Å². The Morgan fingerprint density at radius 1 is 0.879 bits per heavy atom. The number of esters is 1. The molecule has 0 aliphatic carbocycles. The average molecular weight is 441 g/mol. The maximum Gasteiger partial charge on any atom is 0.339 e. The first-order valence-corrected chi connectivity index (χ1v) is 10.9. The van der Waals surface area contributed by atoms with Gasteiger partial charge in [0.05, 0.1) is 23.9 Å². The van der Waals surface area contributed by atoms with Crippen LogP contribution in [0, 0.1) is 0 Å². The van der Waals surface area contributed by atoms with E-state index >= 15 is 0 Å². The number of benzene rings is 3. The lowest BCUT2D eigenvalue weighted by Gasteiger charge is -2.19. The summed E-state index contributed by atoms with van der Waals surface area (Å²) in [4.78, 5) is 25.3. The highest BCUT2D eigenvalue weighted by atomic mass is 16.5. The maximum atomic E-state index is 13.2. The van der Waals surface area contributed by atoms with Crippen molar-refractivity contribution in [1.29, 1.82) is 0 Å². The average Bonchev–Trinajstić information content (AvgIpc) is 3.17. The molecule has 0 radical (unpaired) electrons. The van der Waals surface area contributed by atoms with Crippen LogP contribution >= 0.6 is 0 Å². The molecule has 0 saturated carbocycles. The van der Waals surface area contributed by atoms with Gasteiger partial charge in [0, 0.05) is 23.6 Å². The van der Waals surface area contributed by atoms with E-state index in [1.807, 2.05) is 30.5 Å². The Morgan fingerprint density at radius 3 is 2.24 bits per heavy atom. The maximum absolute atomic E-state index is 13.2. The third-order valence-corrected chi connectivity index (χ3v) is 5.79. The summed E-state index contributed by atoms with van der Waals surface area (Å²) in [5, 5.41) is 3.74. The molecule has 0 unspecified atom stereocenters. The zero-order valence-electron chi connectivity index (χ0n) is 19.4. The second kappa shape index (κ2) is 8.94. The van der Waals surface area contributed by atoms with E-state index in [1.165, 1.54) is 12.7 Å². The van der Waals surface area contributed by atoms with Crippen molar-refractivity contribution in [2.45, 2.75) is 32.7 Å². The second-order valence-electron chi connectivity index (χ2n) is 9.13. The van der Waals surface area contributed by atoms with Gasteiger partial charge in [-0.3, -0.25) is 4.79 Å². The third-order valence-electron chi connectivity index (χ3n) is 5.79. The van der Waals surface area contributed by atoms with Crippen LogP contribution < -0.4 is 5.32 Å². The molecule has 0 aliphatic rings. The van der Waals surface area contributed by atoms with Gasteiger partial charge in [-0.2, -0.15) is 0 Å². The van der Waals surface area contributed by atoms with Crippen molar-refractivity contribution in [3.05, 3.63) is 101 Å². The molecule has 5 nitrogen and oxygen atoms in total. The minimum Gasteiger partial charge on any atom is -0.465 e. The van der Waals surface area contributed by atoms with Gasteiger partial charge in [0.15, 0.2) is 0 Å². The van der Waals surface area contributed by atoms with Crippen LogP contribution in [0.3, 0.4) is 0 Å². The molecular formula is C28H28N2O3. The van der Waals surface area contributed by atoms with Crippen LogP contribution in [0.25, 0.3) is 10.9 Å². The summed E-state index contributed by atoms with van der Waals surface area (Å²) < 4.78 is 6.93. The fourth-order valence-corrected chi connectivity index (χ4v) is 3.94. The molecule has 0 saturated heterocycles. The number of aromatic nitrogens is 1. The van der Waals surface area contributed by atoms with E-state index in [0.29, 0.717) is 23.4 Å². The highest BCUT2D eigenvalue weighted by Gasteiger charge is 2.19. The molecule has 1 heterocycles. The second-order valence-corrected chi connectivity index (χ2v) is 9.13. The summed E-state index contributed by atoms with van der Waals surface area (Å²) in [6.45, 7) is 7.25. The molecule has 168 valence electrons. The van der Waals surface area contributed by atoms with E-state index in [2.05, 4.69) is 54.9 Å². The fourth-order valence-electron chi connectivity index (χ4n) is 3.94. The predicted octanol–water partition coefficient (Wildman–Crippen LogP) is 6.03. The minimum atomic E-state index is -0.493. The molecule has 1 aromatic heterocycles. The number of amides is 1. The molecule has 0 spiro atoms. The van der Waals surface area contributed by atoms with E-state index in [-0.39, 0.29) is 11.3 Å². The number of hydrogen-bond acceptors (Lipinski definition) is 3. The quantitative estimate of drug-likeness (QED) is 0.386. The molecule has 3 aromatic carbocycles. The number of carbonyl (C=O) groups excluding carboxylic acids is 2. The number of para-hydroxylation sites is 2. The van der Waals surface area contributed by atoms with E-state index in [4.69, 9.17) is 4.74 Å². The molecule has 1 N–H and O–H groups in total. The van der Waals surface area contributed by atoms with Gasteiger partial charge < -0.3 is 14.6 Å². The molecule has 4 aromatic rings. The number of rotatable bonds is 5. The number of nitrogens with one attached hydrogen (secondary N) is 1. The normalized spacial score (nSPS) is 11.4. The Morgan fingerprint density at radius 2 is 1.55 bits per heavy atom. The van der Waals surface area contributed by atoms with Crippen LogP contribution in [-0.4, -0.2) is 23.6 Å². The smallest absolute Gasteiger partial charge is 0.339 e. The molecule has 0 aliphatic heterocycles. The number of anilines is 1. The molecule has 33 heavy (non-hydrogen) atoms. The Balaban J connectivity index is 1.65. The molecule has 1 amide bonds. The Hall–Kier alpha value is -3.86. The van der Waals surface area contributed by atoms with Gasteiger partial charge in [0.2, 0.25) is 0 Å². The van der Waals surface area contributed by atoms with Gasteiger partial charge in [0.1, 0.15) is 0 Å². The largest absolute Gasteiger partial charge is 0.465 e.